The summed E-state index contributed by atoms with van der Waals surface area (Å²) < 4.78 is 5.31. The molecule has 1 fully saturated rings. The number of nitrogens with one attached hydrogen (secondary N) is 1. The molecule has 17 heavy (non-hydrogen) atoms. The van der Waals surface area contributed by atoms with Gasteiger partial charge in [-0.2, -0.15) is 4.98 Å². The highest BCUT2D eigenvalue weighted by molar-refractivity contribution is 7.15. The first kappa shape index (κ1) is 12.6. The van der Waals surface area contributed by atoms with Crippen molar-refractivity contribution in [3.63, 3.8) is 0 Å². The van der Waals surface area contributed by atoms with Crippen LogP contribution in [0.5, 0.6) is 5.88 Å². The van der Waals surface area contributed by atoms with Crippen molar-refractivity contribution in [2.24, 2.45) is 5.92 Å². The Morgan fingerprint density at radius 3 is 2.82 bits per heavy atom. The third kappa shape index (κ3) is 2.90. The fraction of sp³-hybridized carbons (Fsp3) is 0.750. The maximum absolute atomic E-state index is 5.31. The van der Waals surface area contributed by atoms with Crippen molar-refractivity contribution in [1.29, 1.82) is 0 Å². The van der Waals surface area contributed by atoms with Crippen LogP contribution in [-0.2, 0) is 6.54 Å². The number of hydrogen-bond acceptors (Lipinski definition) is 5. The Morgan fingerprint density at radius 2 is 2.29 bits per heavy atom. The second kappa shape index (κ2) is 5.23. The monoisotopic (exact) mass is 255 g/mol. The van der Waals surface area contributed by atoms with Crippen LogP contribution in [0.25, 0.3) is 0 Å². The molecule has 1 aromatic heterocycles. The van der Waals surface area contributed by atoms with Crippen LogP contribution < -0.4 is 15.0 Å². The van der Waals surface area contributed by atoms with Crippen LogP contribution in [0, 0.1) is 5.92 Å². The van der Waals surface area contributed by atoms with E-state index in [0.29, 0.717) is 6.04 Å². The minimum atomic E-state index is 0.703. The van der Waals surface area contributed by atoms with E-state index in [4.69, 9.17) is 4.74 Å². The van der Waals surface area contributed by atoms with E-state index in [-0.39, 0.29) is 0 Å². The van der Waals surface area contributed by atoms with Gasteiger partial charge in [0.2, 0.25) is 5.88 Å². The fourth-order valence-electron chi connectivity index (χ4n) is 1.96. The van der Waals surface area contributed by atoms with E-state index < -0.39 is 0 Å². The molecule has 0 radical (unpaired) electrons. The van der Waals surface area contributed by atoms with E-state index >= 15 is 0 Å². The number of thiazole rings is 1. The summed E-state index contributed by atoms with van der Waals surface area (Å²) in [6.45, 7) is 3.12. The van der Waals surface area contributed by atoms with Crippen LogP contribution in [0.15, 0.2) is 0 Å². The Balaban J connectivity index is 1.95. The minimum absolute atomic E-state index is 0.703. The average Bonchev–Trinajstić information content (AvgIpc) is 2.95. The van der Waals surface area contributed by atoms with E-state index in [1.807, 2.05) is 19.0 Å². The second-order valence-electron chi connectivity index (χ2n) is 4.71. The maximum atomic E-state index is 5.31. The Labute approximate surface area is 107 Å². The lowest BCUT2D eigenvalue weighted by molar-refractivity contribution is 0.394. The molecule has 0 spiro atoms. The van der Waals surface area contributed by atoms with E-state index in [0.717, 1.165) is 23.5 Å². The number of hydrogen-bond donors (Lipinski definition) is 1. The first-order chi connectivity index (χ1) is 8.15. The molecule has 2 atom stereocenters. The molecule has 0 aromatic carbocycles. The lowest BCUT2D eigenvalue weighted by atomic mass is 10.3. The molecule has 0 saturated heterocycles. The van der Waals surface area contributed by atoms with Crippen molar-refractivity contribution in [2.75, 3.05) is 26.1 Å². The van der Waals surface area contributed by atoms with E-state index in [1.165, 1.54) is 17.7 Å². The zero-order chi connectivity index (χ0) is 12.4. The maximum Gasteiger partial charge on any atom is 0.230 e. The molecule has 1 N–H and O–H groups in total. The standard InChI is InChI=1S/C12H21N3OS/c1-5-8-6-9(8)13-7-10-11(16-4)14-12(17-10)15(2)3/h8-9,13H,5-7H2,1-4H3. The van der Waals surface area contributed by atoms with Gasteiger partial charge in [-0.25, -0.2) is 0 Å². The molecule has 0 bridgehead atoms. The predicted molar refractivity (Wildman–Crippen MR) is 72.0 cm³/mol. The highest BCUT2D eigenvalue weighted by Gasteiger charge is 2.34. The topological polar surface area (TPSA) is 37.4 Å². The van der Waals surface area contributed by atoms with Crippen molar-refractivity contribution in [2.45, 2.75) is 32.4 Å². The first-order valence-electron chi connectivity index (χ1n) is 6.10. The molecule has 2 rings (SSSR count). The third-order valence-corrected chi connectivity index (χ3v) is 4.40. The molecule has 2 unspecified atom stereocenters. The number of ether oxygens (including phenoxy) is 1. The molecule has 0 amide bonds. The van der Waals surface area contributed by atoms with Gasteiger partial charge in [-0.05, 0) is 12.3 Å². The van der Waals surface area contributed by atoms with Crippen LogP contribution in [0.2, 0.25) is 0 Å². The van der Waals surface area contributed by atoms with Crippen molar-refractivity contribution in [3.8, 4) is 5.88 Å². The van der Waals surface area contributed by atoms with Gasteiger partial charge in [0.15, 0.2) is 5.13 Å². The molecule has 1 saturated carbocycles. The van der Waals surface area contributed by atoms with Crippen molar-refractivity contribution in [3.05, 3.63) is 4.88 Å². The summed E-state index contributed by atoms with van der Waals surface area (Å²) >= 11 is 1.70. The van der Waals surface area contributed by atoms with Crippen molar-refractivity contribution >= 4 is 16.5 Å². The molecule has 1 heterocycles. The third-order valence-electron chi connectivity index (χ3n) is 3.20. The summed E-state index contributed by atoms with van der Waals surface area (Å²) in [5, 5.41) is 4.57. The molecule has 5 heteroatoms. The van der Waals surface area contributed by atoms with Crippen LogP contribution >= 0.6 is 11.3 Å². The summed E-state index contributed by atoms with van der Waals surface area (Å²) in [6.07, 6.45) is 2.60. The average molecular weight is 255 g/mol. The fourth-order valence-corrected chi connectivity index (χ4v) is 2.86. The van der Waals surface area contributed by atoms with Gasteiger partial charge >= 0.3 is 0 Å². The molecule has 1 aliphatic carbocycles. The number of nitrogens with zero attached hydrogens (tertiary/aromatic N) is 2. The summed E-state index contributed by atoms with van der Waals surface area (Å²) in [5.74, 6) is 1.64. The normalized spacial score (nSPS) is 22.6. The van der Waals surface area contributed by atoms with Gasteiger partial charge in [0, 0.05) is 26.7 Å². The van der Waals surface area contributed by atoms with Gasteiger partial charge in [-0.15, -0.1) is 0 Å². The van der Waals surface area contributed by atoms with Gasteiger partial charge < -0.3 is 15.0 Å². The largest absolute Gasteiger partial charge is 0.480 e. The van der Waals surface area contributed by atoms with E-state index in [2.05, 4.69) is 17.2 Å². The van der Waals surface area contributed by atoms with Crippen molar-refractivity contribution < 1.29 is 4.74 Å². The number of rotatable bonds is 6. The summed E-state index contributed by atoms with van der Waals surface area (Å²) in [5.41, 5.74) is 0. The molecular weight excluding hydrogens is 234 g/mol. The number of methoxy groups -OCH3 is 1. The van der Waals surface area contributed by atoms with Gasteiger partial charge in [0.05, 0.1) is 12.0 Å². The van der Waals surface area contributed by atoms with Crippen LogP contribution in [0.1, 0.15) is 24.6 Å². The highest BCUT2D eigenvalue weighted by Crippen LogP contribution is 2.35. The highest BCUT2D eigenvalue weighted by atomic mass is 32.1. The second-order valence-corrected chi connectivity index (χ2v) is 5.78. The van der Waals surface area contributed by atoms with Gasteiger partial charge in [0.25, 0.3) is 0 Å². The van der Waals surface area contributed by atoms with E-state index in [1.54, 1.807) is 18.4 Å². The summed E-state index contributed by atoms with van der Waals surface area (Å²) in [6, 6.07) is 0.703. The molecule has 0 aliphatic heterocycles. The smallest absolute Gasteiger partial charge is 0.230 e. The summed E-state index contributed by atoms with van der Waals surface area (Å²) in [7, 11) is 5.69. The molecule has 1 aromatic rings. The van der Waals surface area contributed by atoms with Crippen molar-refractivity contribution in [1.82, 2.24) is 10.3 Å². The Morgan fingerprint density at radius 1 is 1.53 bits per heavy atom. The Hall–Kier alpha value is -0.810. The van der Waals surface area contributed by atoms with Gasteiger partial charge in [-0.1, -0.05) is 24.7 Å². The zero-order valence-electron chi connectivity index (χ0n) is 11.0. The molecule has 4 nitrogen and oxygen atoms in total. The lowest BCUT2D eigenvalue weighted by Crippen LogP contribution is -2.17. The van der Waals surface area contributed by atoms with Crippen LogP contribution in [0.3, 0.4) is 0 Å². The van der Waals surface area contributed by atoms with Crippen LogP contribution in [-0.4, -0.2) is 32.2 Å². The number of anilines is 1. The predicted octanol–water partition coefficient (Wildman–Crippen LogP) is 2.11. The lowest BCUT2D eigenvalue weighted by Gasteiger charge is -2.05. The van der Waals surface area contributed by atoms with Gasteiger partial charge in [-0.3, -0.25) is 0 Å². The molecular formula is C12H21N3OS. The van der Waals surface area contributed by atoms with Gasteiger partial charge in [0.1, 0.15) is 0 Å². The number of aromatic nitrogens is 1. The minimum Gasteiger partial charge on any atom is -0.480 e. The SMILES string of the molecule is CCC1CC1NCc1sc(N(C)C)nc1OC. The summed E-state index contributed by atoms with van der Waals surface area (Å²) in [4.78, 5) is 7.66. The Kier molecular flexibility index (Phi) is 3.89. The quantitative estimate of drug-likeness (QED) is 0.845. The Bertz CT molecular complexity index is 378. The van der Waals surface area contributed by atoms with E-state index in [9.17, 15) is 0 Å². The molecule has 96 valence electrons. The molecule has 1 aliphatic rings. The van der Waals surface area contributed by atoms with Crippen LogP contribution in [0.4, 0.5) is 5.13 Å². The zero-order valence-corrected chi connectivity index (χ0v) is 11.8. The first-order valence-corrected chi connectivity index (χ1v) is 6.91.